The van der Waals surface area contributed by atoms with Crippen LogP contribution in [0.3, 0.4) is 0 Å². The van der Waals surface area contributed by atoms with E-state index in [0.717, 1.165) is 25.9 Å². The van der Waals surface area contributed by atoms with Crippen molar-refractivity contribution < 1.29 is 4.74 Å². The van der Waals surface area contributed by atoms with Gasteiger partial charge in [0.2, 0.25) is 0 Å². The van der Waals surface area contributed by atoms with Crippen molar-refractivity contribution in [3.05, 3.63) is 47.6 Å². The zero-order valence-electron chi connectivity index (χ0n) is 10.2. The SMILES string of the molecule is CCOC1(CC2=CCC=C2)CC=CC=C1C. The Hall–Kier alpha value is -1.08. The summed E-state index contributed by atoms with van der Waals surface area (Å²) in [4.78, 5) is 0. The highest BCUT2D eigenvalue weighted by Gasteiger charge is 2.33. The van der Waals surface area contributed by atoms with Crippen molar-refractivity contribution >= 4 is 0 Å². The molecule has 0 aromatic rings. The zero-order valence-corrected chi connectivity index (χ0v) is 10.2. The molecule has 16 heavy (non-hydrogen) atoms. The van der Waals surface area contributed by atoms with E-state index in [2.05, 4.69) is 50.3 Å². The lowest BCUT2D eigenvalue weighted by Gasteiger charge is -2.36. The minimum Gasteiger partial charge on any atom is -0.370 e. The quantitative estimate of drug-likeness (QED) is 0.691. The Balaban J connectivity index is 2.18. The number of rotatable bonds is 4. The fourth-order valence-corrected chi connectivity index (χ4v) is 2.46. The molecule has 0 bridgehead atoms. The van der Waals surface area contributed by atoms with Crippen LogP contribution in [0.4, 0.5) is 0 Å². The number of allylic oxidation sites excluding steroid dienone is 5. The second-order valence-corrected chi connectivity index (χ2v) is 4.50. The molecule has 86 valence electrons. The maximum Gasteiger partial charge on any atom is 0.0966 e. The Labute approximate surface area is 98.2 Å². The van der Waals surface area contributed by atoms with Gasteiger partial charge in [-0.15, -0.1) is 0 Å². The third-order valence-corrected chi connectivity index (χ3v) is 3.41. The lowest BCUT2D eigenvalue weighted by molar-refractivity contribution is -0.00787. The van der Waals surface area contributed by atoms with Crippen LogP contribution in [0.25, 0.3) is 0 Å². The third-order valence-electron chi connectivity index (χ3n) is 3.41. The fourth-order valence-electron chi connectivity index (χ4n) is 2.46. The predicted octanol–water partition coefficient (Wildman–Crippen LogP) is 3.94. The van der Waals surface area contributed by atoms with Crippen LogP contribution >= 0.6 is 0 Å². The molecule has 2 rings (SSSR count). The van der Waals surface area contributed by atoms with E-state index < -0.39 is 0 Å². The Morgan fingerprint density at radius 2 is 2.25 bits per heavy atom. The molecule has 2 aliphatic rings. The van der Waals surface area contributed by atoms with Crippen LogP contribution in [-0.4, -0.2) is 12.2 Å². The van der Waals surface area contributed by atoms with Crippen LogP contribution in [0.5, 0.6) is 0 Å². The van der Waals surface area contributed by atoms with Crippen LogP contribution < -0.4 is 0 Å². The van der Waals surface area contributed by atoms with Crippen molar-refractivity contribution in [1.29, 1.82) is 0 Å². The number of hydrogen-bond donors (Lipinski definition) is 0. The summed E-state index contributed by atoms with van der Waals surface area (Å²) in [5.41, 5.74) is 2.67. The van der Waals surface area contributed by atoms with Gasteiger partial charge in [0.25, 0.3) is 0 Å². The first-order chi connectivity index (χ1) is 7.77. The van der Waals surface area contributed by atoms with E-state index >= 15 is 0 Å². The molecule has 0 aliphatic heterocycles. The van der Waals surface area contributed by atoms with Gasteiger partial charge in [-0.3, -0.25) is 0 Å². The third kappa shape index (κ3) is 2.19. The van der Waals surface area contributed by atoms with E-state index in [4.69, 9.17) is 4.74 Å². The van der Waals surface area contributed by atoms with Crippen molar-refractivity contribution in [2.24, 2.45) is 0 Å². The Morgan fingerprint density at radius 1 is 1.38 bits per heavy atom. The van der Waals surface area contributed by atoms with Gasteiger partial charge in [0.15, 0.2) is 0 Å². The summed E-state index contributed by atoms with van der Waals surface area (Å²) >= 11 is 0. The molecule has 0 aromatic heterocycles. The summed E-state index contributed by atoms with van der Waals surface area (Å²) in [5, 5.41) is 0. The highest BCUT2D eigenvalue weighted by molar-refractivity contribution is 5.35. The predicted molar refractivity (Wildman–Crippen MR) is 68.3 cm³/mol. The molecule has 0 heterocycles. The van der Waals surface area contributed by atoms with Gasteiger partial charge in [-0.2, -0.15) is 0 Å². The van der Waals surface area contributed by atoms with Crippen molar-refractivity contribution in [2.75, 3.05) is 6.61 Å². The minimum absolute atomic E-state index is 0.0932. The van der Waals surface area contributed by atoms with Crippen LogP contribution in [-0.2, 0) is 4.74 Å². The van der Waals surface area contributed by atoms with E-state index in [9.17, 15) is 0 Å². The molecular weight excluding hydrogens is 196 g/mol. The zero-order chi connectivity index (χ0) is 11.4. The monoisotopic (exact) mass is 216 g/mol. The van der Waals surface area contributed by atoms with Crippen molar-refractivity contribution in [1.82, 2.24) is 0 Å². The van der Waals surface area contributed by atoms with Gasteiger partial charge in [-0.25, -0.2) is 0 Å². The smallest absolute Gasteiger partial charge is 0.0966 e. The first-order valence-electron chi connectivity index (χ1n) is 6.10. The molecule has 1 unspecified atom stereocenters. The second-order valence-electron chi connectivity index (χ2n) is 4.50. The van der Waals surface area contributed by atoms with E-state index in [-0.39, 0.29) is 5.60 Å². The van der Waals surface area contributed by atoms with Gasteiger partial charge in [-0.05, 0) is 37.8 Å². The van der Waals surface area contributed by atoms with Gasteiger partial charge < -0.3 is 4.74 Å². The maximum atomic E-state index is 6.05. The normalized spacial score (nSPS) is 28.1. The maximum absolute atomic E-state index is 6.05. The molecule has 0 saturated heterocycles. The summed E-state index contributed by atoms with van der Waals surface area (Å²) in [6.45, 7) is 5.03. The highest BCUT2D eigenvalue weighted by Crippen LogP contribution is 2.36. The Kier molecular flexibility index (Phi) is 3.45. The molecule has 0 fully saturated rings. The molecule has 0 spiro atoms. The van der Waals surface area contributed by atoms with Gasteiger partial charge in [-0.1, -0.05) is 36.5 Å². The first kappa shape index (κ1) is 11.4. The Morgan fingerprint density at radius 3 is 2.88 bits per heavy atom. The average molecular weight is 216 g/mol. The van der Waals surface area contributed by atoms with Crippen LogP contribution in [0, 0.1) is 0 Å². The van der Waals surface area contributed by atoms with Gasteiger partial charge in [0.1, 0.15) is 0 Å². The van der Waals surface area contributed by atoms with E-state index in [1.54, 1.807) is 0 Å². The van der Waals surface area contributed by atoms with E-state index in [1.165, 1.54) is 11.1 Å². The van der Waals surface area contributed by atoms with Crippen molar-refractivity contribution in [3.63, 3.8) is 0 Å². The summed E-state index contributed by atoms with van der Waals surface area (Å²) < 4.78 is 6.05. The lowest BCUT2D eigenvalue weighted by Crippen LogP contribution is -2.35. The average Bonchev–Trinajstić information content (AvgIpc) is 2.75. The molecular formula is C15H20O. The molecule has 0 amide bonds. The van der Waals surface area contributed by atoms with E-state index in [1.807, 2.05) is 0 Å². The molecule has 1 heteroatoms. The first-order valence-corrected chi connectivity index (χ1v) is 6.10. The summed E-state index contributed by atoms with van der Waals surface area (Å²) in [6.07, 6.45) is 16.3. The van der Waals surface area contributed by atoms with Crippen molar-refractivity contribution in [2.45, 2.75) is 38.7 Å². The molecule has 0 radical (unpaired) electrons. The molecule has 0 saturated carbocycles. The van der Waals surface area contributed by atoms with E-state index in [0.29, 0.717) is 0 Å². The van der Waals surface area contributed by atoms with Crippen LogP contribution in [0.15, 0.2) is 47.6 Å². The molecule has 0 aromatic carbocycles. The van der Waals surface area contributed by atoms with Crippen LogP contribution in [0.1, 0.15) is 33.1 Å². The van der Waals surface area contributed by atoms with Crippen molar-refractivity contribution in [3.8, 4) is 0 Å². The minimum atomic E-state index is -0.0932. The molecule has 2 aliphatic carbocycles. The summed E-state index contributed by atoms with van der Waals surface area (Å²) in [5.74, 6) is 0. The fraction of sp³-hybridized carbons (Fsp3) is 0.467. The second kappa shape index (κ2) is 4.84. The Bertz CT molecular complexity index is 371. The standard InChI is InChI=1S/C15H20O/c1-3-16-15(11-7-6-8-13(15)2)12-14-9-4-5-10-14/h4,6-10H,3,5,11-12H2,1-2H3. The van der Waals surface area contributed by atoms with Crippen LogP contribution in [0.2, 0.25) is 0 Å². The van der Waals surface area contributed by atoms with Gasteiger partial charge in [0.05, 0.1) is 5.60 Å². The lowest BCUT2D eigenvalue weighted by atomic mass is 9.82. The van der Waals surface area contributed by atoms with Gasteiger partial charge in [0, 0.05) is 13.0 Å². The number of hydrogen-bond acceptors (Lipinski definition) is 1. The molecule has 1 nitrogen and oxygen atoms in total. The number of ether oxygens (including phenoxy) is 1. The highest BCUT2D eigenvalue weighted by atomic mass is 16.5. The molecule has 0 N–H and O–H groups in total. The molecule has 1 atom stereocenters. The summed E-state index contributed by atoms with van der Waals surface area (Å²) in [7, 11) is 0. The largest absolute Gasteiger partial charge is 0.370 e. The topological polar surface area (TPSA) is 9.23 Å². The van der Waals surface area contributed by atoms with Gasteiger partial charge >= 0.3 is 0 Å². The summed E-state index contributed by atoms with van der Waals surface area (Å²) in [6, 6.07) is 0.